The Labute approximate surface area is 215 Å². The van der Waals surface area contributed by atoms with Crippen LogP contribution >= 0.6 is 0 Å². The van der Waals surface area contributed by atoms with Crippen LogP contribution < -0.4 is 0 Å². The summed E-state index contributed by atoms with van der Waals surface area (Å²) in [5.74, 6) is -6.03. The van der Waals surface area contributed by atoms with E-state index in [0.29, 0.717) is 24.3 Å². The molecular formula is C27H12F9N3. The average molecular weight is 549 g/mol. The second kappa shape index (κ2) is 10.9. The molecule has 1 unspecified atom stereocenters. The lowest BCUT2D eigenvalue weighted by molar-refractivity contribution is -0.138. The summed E-state index contributed by atoms with van der Waals surface area (Å²) in [6.45, 7) is 0. The first-order valence-electron chi connectivity index (χ1n) is 10.7. The molecule has 0 aliphatic carbocycles. The van der Waals surface area contributed by atoms with Gasteiger partial charge >= 0.3 is 12.4 Å². The highest BCUT2D eigenvalue weighted by atomic mass is 19.4. The summed E-state index contributed by atoms with van der Waals surface area (Å²) in [7, 11) is 0. The largest absolute Gasteiger partial charge is 0.416 e. The Morgan fingerprint density at radius 3 is 1.77 bits per heavy atom. The van der Waals surface area contributed by atoms with Crippen LogP contribution in [-0.4, -0.2) is 0 Å². The van der Waals surface area contributed by atoms with E-state index in [0.717, 1.165) is 18.2 Å². The van der Waals surface area contributed by atoms with Crippen LogP contribution in [-0.2, 0) is 18.8 Å². The molecular weight excluding hydrogens is 537 g/mol. The molecule has 0 saturated carbocycles. The van der Waals surface area contributed by atoms with Crippen molar-refractivity contribution in [3.05, 3.63) is 105 Å². The molecule has 0 bridgehead atoms. The summed E-state index contributed by atoms with van der Waals surface area (Å²) < 4.78 is 123. The first kappa shape index (κ1) is 28.8. The normalized spacial score (nSPS) is 13.1. The molecule has 0 radical (unpaired) electrons. The van der Waals surface area contributed by atoms with E-state index >= 15 is 0 Å². The van der Waals surface area contributed by atoms with E-state index in [1.54, 1.807) is 18.2 Å². The second-order valence-corrected chi connectivity index (χ2v) is 8.03. The SMILES string of the molecule is N#CCc1ccc(/C(=C(/C#N)c2ccc(C(F)(F)F)cc2F)C(C#N)c2ccc(C(F)(F)F)cc2F)cc1F. The molecule has 3 aromatic carbocycles. The smallest absolute Gasteiger partial charge is 0.207 e. The minimum atomic E-state index is -4.95. The van der Waals surface area contributed by atoms with Crippen LogP contribution in [0.4, 0.5) is 39.5 Å². The molecule has 39 heavy (non-hydrogen) atoms. The van der Waals surface area contributed by atoms with Gasteiger partial charge in [-0.25, -0.2) is 13.2 Å². The molecule has 3 rings (SSSR count). The molecule has 0 aromatic heterocycles. The molecule has 0 heterocycles. The molecule has 0 aliphatic rings. The number of nitrogens with zero attached hydrogens (tertiary/aromatic N) is 3. The minimum Gasteiger partial charge on any atom is -0.207 e. The maximum atomic E-state index is 14.9. The minimum absolute atomic E-state index is 0.0843. The van der Waals surface area contributed by atoms with Crippen molar-refractivity contribution in [3.63, 3.8) is 0 Å². The standard InChI is InChI=1S/C27H12F9N3/c28-22-9-15(2-1-14(22)7-8-37)25(20(12-38)18-5-3-16(10-23(18)29)26(31,32)33)21(13-39)19-6-4-17(11-24(19)30)27(34,35)36/h1-6,9-11,20H,7H2/b25-21+. The third-order valence-electron chi connectivity index (χ3n) is 5.64. The van der Waals surface area contributed by atoms with Crippen LogP contribution in [0.3, 0.4) is 0 Å². The number of alkyl halides is 6. The quantitative estimate of drug-likeness (QED) is 0.184. The van der Waals surface area contributed by atoms with E-state index in [1.807, 2.05) is 0 Å². The Hall–Kier alpha value is -4.76. The van der Waals surface area contributed by atoms with Crippen molar-refractivity contribution in [1.82, 2.24) is 0 Å². The van der Waals surface area contributed by atoms with Crippen molar-refractivity contribution in [1.29, 1.82) is 15.8 Å². The number of hydrogen-bond acceptors (Lipinski definition) is 3. The lowest BCUT2D eigenvalue weighted by Gasteiger charge is -2.20. The average Bonchev–Trinajstić information content (AvgIpc) is 2.85. The van der Waals surface area contributed by atoms with E-state index in [1.165, 1.54) is 0 Å². The fourth-order valence-corrected chi connectivity index (χ4v) is 3.79. The van der Waals surface area contributed by atoms with Crippen molar-refractivity contribution in [3.8, 4) is 18.2 Å². The van der Waals surface area contributed by atoms with Gasteiger partial charge in [0.25, 0.3) is 0 Å². The number of nitriles is 3. The Bertz CT molecular complexity index is 1580. The summed E-state index contributed by atoms with van der Waals surface area (Å²) in [5.41, 5.74) is -6.06. The van der Waals surface area contributed by atoms with Gasteiger partial charge in [-0.15, -0.1) is 0 Å². The lowest BCUT2D eigenvalue weighted by Crippen LogP contribution is -2.10. The maximum Gasteiger partial charge on any atom is 0.416 e. The molecule has 0 fully saturated rings. The Morgan fingerprint density at radius 1 is 0.718 bits per heavy atom. The fourth-order valence-electron chi connectivity index (χ4n) is 3.79. The molecule has 0 amide bonds. The highest BCUT2D eigenvalue weighted by molar-refractivity contribution is 6.00. The second-order valence-electron chi connectivity index (χ2n) is 8.03. The van der Waals surface area contributed by atoms with Crippen molar-refractivity contribution >= 4 is 11.1 Å². The van der Waals surface area contributed by atoms with Crippen molar-refractivity contribution in [2.45, 2.75) is 24.7 Å². The summed E-state index contributed by atoms with van der Waals surface area (Å²) in [6.07, 6.45) is -10.3. The fraction of sp³-hybridized carbons (Fsp3) is 0.148. The van der Waals surface area contributed by atoms with Crippen LogP contribution in [0.5, 0.6) is 0 Å². The Morgan fingerprint density at radius 2 is 1.31 bits per heavy atom. The third-order valence-corrected chi connectivity index (χ3v) is 5.64. The van der Waals surface area contributed by atoms with E-state index in [2.05, 4.69) is 0 Å². The van der Waals surface area contributed by atoms with Crippen LogP contribution in [0, 0.1) is 51.4 Å². The molecule has 12 heteroatoms. The monoisotopic (exact) mass is 549 g/mol. The molecule has 3 nitrogen and oxygen atoms in total. The molecule has 1 atom stereocenters. The third kappa shape index (κ3) is 6.05. The zero-order valence-electron chi connectivity index (χ0n) is 19.2. The maximum absolute atomic E-state index is 14.9. The number of rotatable bonds is 5. The number of benzene rings is 3. The zero-order valence-corrected chi connectivity index (χ0v) is 19.2. The van der Waals surface area contributed by atoms with Crippen LogP contribution in [0.15, 0.2) is 54.6 Å². The van der Waals surface area contributed by atoms with Gasteiger partial charge in [0.15, 0.2) is 0 Å². The number of hydrogen-bond donors (Lipinski definition) is 0. The van der Waals surface area contributed by atoms with Gasteiger partial charge in [0.05, 0.1) is 35.3 Å². The van der Waals surface area contributed by atoms with E-state index in [-0.39, 0.29) is 29.7 Å². The summed E-state index contributed by atoms with van der Waals surface area (Å²) in [4.78, 5) is 0. The first-order valence-corrected chi connectivity index (χ1v) is 10.7. The number of halogens is 9. The van der Waals surface area contributed by atoms with Gasteiger partial charge in [0, 0.05) is 16.7 Å². The summed E-state index contributed by atoms with van der Waals surface area (Å²) in [5, 5.41) is 28.7. The van der Waals surface area contributed by atoms with Gasteiger partial charge in [-0.2, -0.15) is 42.1 Å². The molecule has 3 aromatic rings. The topological polar surface area (TPSA) is 71.4 Å². The Balaban J connectivity index is 2.38. The highest BCUT2D eigenvalue weighted by Crippen LogP contribution is 2.42. The van der Waals surface area contributed by atoms with E-state index < -0.39 is 69.1 Å². The number of allylic oxidation sites excluding steroid dienone is 2. The van der Waals surface area contributed by atoms with Crippen molar-refractivity contribution < 1.29 is 39.5 Å². The van der Waals surface area contributed by atoms with Gasteiger partial charge < -0.3 is 0 Å². The van der Waals surface area contributed by atoms with Gasteiger partial charge in [0.2, 0.25) is 0 Å². The van der Waals surface area contributed by atoms with Crippen LogP contribution in [0.2, 0.25) is 0 Å². The molecule has 0 N–H and O–H groups in total. The summed E-state index contributed by atoms with van der Waals surface area (Å²) >= 11 is 0. The lowest BCUT2D eigenvalue weighted by atomic mass is 9.82. The Kier molecular flexibility index (Phi) is 8.07. The van der Waals surface area contributed by atoms with Gasteiger partial charge in [-0.05, 0) is 41.5 Å². The highest BCUT2D eigenvalue weighted by Gasteiger charge is 2.34. The summed E-state index contributed by atoms with van der Waals surface area (Å²) in [6, 6.07) is 10.1. The molecule has 0 saturated heterocycles. The zero-order chi connectivity index (χ0) is 29.1. The first-order chi connectivity index (χ1) is 18.2. The van der Waals surface area contributed by atoms with Crippen molar-refractivity contribution in [2.24, 2.45) is 0 Å². The van der Waals surface area contributed by atoms with Crippen LogP contribution in [0.1, 0.15) is 39.3 Å². The van der Waals surface area contributed by atoms with E-state index in [4.69, 9.17) is 5.26 Å². The van der Waals surface area contributed by atoms with Crippen LogP contribution in [0.25, 0.3) is 11.1 Å². The molecule has 0 aliphatic heterocycles. The van der Waals surface area contributed by atoms with Gasteiger partial charge in [-0.3, -0.25) is 0 Å². The van der Waals surface area contributed by atoms with Gasteiger partial charge in [0.1, 0.15) is 29.4 Å². The van der Waals surface area contributed by atoms with E-state index in [9.17, 15) is 50.0 Å². The molecule has 0 spiro atoms. The predicted octanol–water partition coefficient (Wildman–Crippen LogP) is 7.95. The molecule has 198 valence electrons. The van der Waals surface area contributed by atoms with Crippen molar-refractivity contribution in [2.75, 3.05) is 0 Å². The predicted molar refractivity (Wildman–Crippen MR) is 119 cm³/mol. The van der Waals surface area contributed by atoms with Gasteiger partial charge in [-0.1, -0.05) is 24.3 Å².